The van der Waals surface area contributed by atoms with Crippen LogP contribution in [0.5, 0.6) is 0 Å². The molecule has 0 radical (unpaired) electrons. The van der Waals surface area contributed by atoms with Gasteiger partial charge in [-0.25, -0.2) is 4.39 Å². The molecule has 3 heteroatoms. The fourth-order valence-corrected chi connectivity index (χ4v) is 1.98. The molecule has 2 rings (SSSR count). The average Bonchev–Trinajstić information content (AvgIpc) is 2.18. The molecule has 0 bridgehead atoms. The highest BCUT2D eigenvalue weighted by atomic mass is 19.1. The molecular formula is C13H19FN2. The summed E-state index contributed by atoms with van der Waals surface area (Å²) in [6, 6.07) is 6.38. The third-order valence-electron chi connectivity index (χ3n) is 3.63. The molecule has 1 aromatic carbocycles. The summed E-state index contributed by atoms with van der Waals surface area (Å²) in [5.41, 5.74) is 1.77. The molecule has 0 aliphatic carbocycles. The minimum atomic E-state index is -0.107. The van der Waals surface area contributed by atoms with E-state index in [4.69, 9.17) is 0 Å². The van der Waals surface area contributed by atoms with E-state index in [9.17, 15) is 4.39 Å². The molecule has 1 saturated heterocycles. The number of aryl methyl sites for hydroxylation is 1. The molecule has 0 saturated carbocycles. The topological polar surface area (TPSA) is 15.3 Å². The molecule has 2 nitrogen and oxygen atoms in total. The maximum atomic E-state index is 13.5. The molecule has 1 aliphatic heterocycles. The normalized spacial score (nSPS) is 18.6. The Morgan fingerprint density at radius 3 is 2.62 bits per heavy atom. The molecule has 1 aliphatic rings. The Morgan fingerprint density at radius 2 is 2.12 bits per heavy atom. The van der Waals surface area contributed by atoms with Gasteiger partial charge >= 0.3 is 0 Å². The predicted octanol–water partition coefficient (Wildman–Crippen LogP) is 2.10. The van der Waals surface area contributed by atoms with E-state index in [1.54, 1.807) is 13.0 Å². The molecule has 16 heavy (non-hydrogen) atoms. The van der Waals surface area contributed by atoms with E-state index in [1.165, 1.54) is 0 Å². The van der Waals surface area contributed by atoms with Crippen LogP contribution in [0.2, 0.25) is 0 Å². The summed E-state index contributed by atoms with van der Waals surface area (Å²) in [6.07, 6.45) is 0. The highest BCUT2D eigenvalue weighted by Gasteiger charge is 2.25. The zero-order valence-corrected chi connectivity index (χ0v) is 10.1. The molecule has 1 heterocycles. The number of rotatable bonds is 3. The van der Waals surface area contributed by atoms with Gasteiger partial charge in [-0.3, -0.25) is 4.90 Å². The second-order valence-electron chi connectivity index (χ2n) is 4.66. The van der Waals surface area contributed by atoms with E-state index in [-0.39, 0.29) is 11.9 Å². The Morgan fingerprint density at radius 1 is 1.44 bits per heavy atom. The molecule has 88 valence electrons. The third-order valence-corrected chi connectivity index (χ3v) is 3.63. The summed E-state index contributed by atoms with van der Waals surface area (Å²) in [7, 11) is 2.11. The van der Waals surface area contributed by atoms with E-state index in [0.29, 0.717) is 11.6 Å². The van der Waals surface area contributed by atoms with E-state index in [0.717, 1.165) is 18.7 Å². The zero-order chi connectivity index (χ0) is 11.7. The smallest absolute Gasteiger partial charge is 0.126 e. The van der Waals surface area contributed by atoms with E-state index >= 15 is 0 Å². The van der Waals surface area contributed by atoms with Crippen molar-refractivity contribution >= 4 is 0 Å². The number of benzene rings is 1. The highest BCUT2D eigenvalue weighted by molar-refractivity contribution is 5.25. The summed E-state index contributed by atoms with van der Waals surface area (Å²) < 4.78 is 13.5. The van der Waals surface area contributed by atoms with Crippen molar-refractivity contribution in [1.29, 1.82) is 0 Å². The van der Waals surface area contributed by atoms with Crippen molar-refractivity contribution in [3.05, 3.63) is 35.1 Å². The first kappa shape index (κ1) is 11.6. The standard InChI is InChI=1S/C13H19FN2/c1-9-4-5-11(6-13(9)14)10(2)16(3)12-7-15-8-12/h4-6,10,12,15H,7-8H2,1-3H3. The van der Waals surface area contributed by atoms with Gasteiger partial charge in [0.25, 0.3) is 0 Å². The van der Waals surface area contributed by atoms with Gasteiger partial charge in [-0.2, -0.15) is 0 Å². The molecule has 1 atom stereocenters. The van der Waals surface area contributed by atoms with E-state index < -0.39 is 0 Å². The van der Waals surface area contributed by atoms with E-state index in [2.05, 4.69) is 24.2 Å². The van der Waals surface area contributed by atoms with Crippen LogP contribution in [-0.4, -0.2) is 31.1 Å². The number of hydrogen-bond donors (Lipinski definition) is 1. The number of halogens is 1. The Bertz CT molecular complexity index is 374. The number of nitrogens with zero attached hydrogens (tertiary/aromatic N) is 1. The summed E-state index contributed by atoms with van der Waals surface area (Å²) in [5.74, 6) is -0.107. The minimum Gasteiger partial charge on any atom is -0.314 e. The number of nitrogens with one attached hydrogen (secondary N) is 1. The second kappa shape index (κ2) is 4.52. The van der Waals surface area contributed by atoms with Gasteiger partial charge in [0, 0.05) is 25.2 Å². The molecule has 1 unspecified atom stereocenters. The van der Waals surface area contributed by atoms with Crippen LogP contribution in [0, 0.1) is 12.7 Å². The van der Waals surface area contributed by atoms with Crippen molar-refractivity contribution in [2.24, 2.45) is 0 Å². The van der Waals surface area contributed by atoms with E-state index in [1.807, 2.05) is 12.1 Å². The van der Waals surface area contributed by atoms with Crippen molar-refractivity contribution < 1.29 is 4.39 Å². The summed E-state index contributed by atoms with van der Waals surface area (Å²) in [5, 5.41) is 3.25. The Hall–Kier alpha value is -0.930. The molecule has 0 aromatic heterocycles. The van der Waals surface area contributed by atoms with Crippen molar-refractivity contribution in [3.8, 4) is 0 Å². The fraction of sp³-hybridized carbons (Fsp3) is 0.538. The first-order valence-electron chi connectivity index (χ1n) is 5.78. The maximum absolute atomic E-state index is 13.5. The van der Waals surface area contributed by atoms with Crippen molar-refractivity contribution in [2.75, 3.05) is 20.1 Å². The SMILES string of the molecule is Cc1ccc(C(C)N(C)C2CNC2)cc1F. The first-order chi connectivity index (χ1) is 7.59. The summed E-state index contributed by atoms with van der Waals surface area (Å²) >= 11 is 0. The number of likely N-dealkylation sites (N-methyl/N-ethyl adjacent to an activating group) is 1. The lowest BCUT2D eigenvalue weighted by atomic mass is 10.0. The van der Waals surface area contributed by atoms with Crippen LogP contribution in [0.3, 0.4) is 0 Å². The van der Waals surface area contributed by atoms with Crippen LogP contribution in [0.1, 0.15) is 24.1 Å². The largest absolute Gasteiger partial charge is 0.314 e. The van der Waals surface area contributed by atoms with Crippen molar-refractivity contribution in [1.82, 2.24) is 10.2 Å². The lowest BCUT2D eigenvalue weighted by Crippen LogP contribution is -2.56. The monoisotopic (exact) mass is 222 g/mol. The maximum Gasteiger partial charge on any atom is 0.126 e. The predicted molar refractivity (Wildman–Crippen MR) is 64.0 cm³/mol. The zero-order valence-electron chi connectivity index (χ0n) is 10.1. The number of hydrogen-bond acceptors (Lipinski definition) is 2. The van der Waals surface area contributed by atoms with Gasteiger partial charge in [0.15, 0.2) is 0 Å². The summed E-state index contributed by atoms with van der Waals surface area (Å²) in [6.45, 7) is 6.00. The van der Waals surface area contributed by atoms with Crippen LogP contribution >= 0.6 is 0 Å². The molecule has 0 spiro atoms. The van der Waals surface area contributed by atoms with Gasteiger partial charge in [0.05, 0.1) is 0 Å². The fourth-order valence-electron chi connectivity index (χ4n) is 1.98. The van der Waals surface area contributed by atoms with Crippen LogP contribution in [0.25, 0.3) is 0 Å². The molecule has 1 fully saturated rings. The average molecular weight is 222 g/mol. The highest BCUT2D eigenvalue weighted by Crippen LogP contribution is 2.23. The molecule has 1 N–H and O–H groups in total. The Balaban J connectivity index is 2.12. The van der Waals surface area contributed by atoms with Crippen LogP contribution in [0.4, 0.5) is 4.39 Å². The Labute approximate surface area is 96.5 Å². The summed E-state index contributed by atoms with van der Waals surface area (Å²) in [4.78, 5) is 2.31. The van der Waals surface area contributed by atoms with Crippen molar-refractivity contribution in [2.45, 2.75) is 25.9 Å². The van der Waals surface area contributed by atoms with Gasteiger partial charge in [-0.1, -0.05) is 12.1 Å². The lowest BCUT2D eigenvalue weighted by Gasteiger charge is -2.39. The second-order valence-corrected chi connectivity index (χ2v) is 4.66. The quantitative estimate of drug-likeness (QED) is 0.842. The van der Waals surface area contributed by atoms with Gasteiger partial charge in [-0.15, -0.1) is 0 Å². The molecular weight excluding hydrogens is 203 g/mol. The molecule has 0 amide bonds. The van der Waals surface area contributed by atoms with Gasteiger partial charge in [-0.05, 0) is 38.1 Å². The lowest BCUT2D eigenvalue weighted by molar-refractivity contribution is 0.136. The Kier molecular flexibility index (Phi) is 3.26. The van der Waals surface area contributed by atoms with Gasteiger partial charge < -0.3 is 5.32 Å². The van der Waals surface area contributed by atoms with Crippen LogP contribution in [0.15, 0.2) is 18.2 Å². The van der Waals surface area contributed by atoms with Crippen LogP contribution in [-0.2, 0) is 0 Å². The van der Waals surface area contributed by atoms with Crippen molar-refractivity contribution in [3.63, 3.8) is 0 Å². The third kappa shape index (κ3) is 2.11. The van der Waals surface area contributed by atoms with Gasteiger partial charge in [0.2, 0.25) is 0 Å². The minimum absolute atomic E-state index is 0.107. The van der Waals surface area contributed by atoms with Gasteiger partial charge in [0.1, 0.15) is 5.82 Å². The van der Waals surface area contributed by atoms with Crippen LogP contribution < -0.4 is 5.32 Å². The molecule has 1 aromatic rings. The first-order valence-corrected chi connectivity index (χ1v) is 5.78.